The summed E-state index contributed by atoms with van der Waals surface area (Å²) in [7, 11) is 1.67. The number of carbonyl (C=O) groups is 3. The van der Waals surface area contributed by atoms with E-state index in [1.165, 1.54) is 45.2 Å². The minimum Gasteiger partial charge on any atom is -0.477 e. The van der Waals surface area contributed by atoms with Crippen LogP contribution in [0, 0.1) is 0 Å². The number of amides is 2. The van der Waals surface area contributed by atoms with Crippen LogP contribution in [0.5, 0.6) is 0 Å². The zero-order valence-corrected chi connectivity index (χ0v) is 22.1. The van der Waals surface area contributed by atoms with E-state index < -0.39 is 41.5 Å². The van der Waals surface area contributed by atoms with Crippen molar-refractivity contribution in [2.45, 2.75) is 23.1 Å². The van der Waals surface area contributed by atoms with Gasteiger partial charge in [0.25, 0.3) is 5.91 Å². The summed E-state index contributed by atoms with van der Waals surface area (Å²) in [6, 6.07) is 2.09. The molecule has 0 aliphatic carbocycles. The predicted molar refractivity (Wildman–Crippen MR) is 132 cm³/mol. The zero-order valence-electron chi connectivity index (χ0n) is 18.2. The van der Waals surface area contributed by atoms with E-state index in [0.29, 0.717) is 31.5 Å². The molecule has 2 amide bonds. The lowest BCUT2D eigenvalue weighted by Gasteiger charge is -2.49. The van der Waals surface area contributed by atoms with E-state index in [1.807, 2.05) is 0 Å². The van der Waals surface area contributed by atoms with Gasteiger partial charge in [-0.15, -0.1) is 16.9 Å². The van der Waals surface area contributed by atoms with Gasteiger partial charge in [0.1, 0.15) is 23.7 Å². The van der Waals surface area contributed by atoms with Crippen LogP contribution >= 0.6 is 51.1 Å². The molecule has 3 aromatic rings. The average molecular weight is 617 g/mol. The molecule has 1 fully saturated rings. The highest BCUT2D eigenvalue weighted by atomic mass is 79.9. The first-order valence-corrected chi connectivity index (χ1v) is 13.4. The largest absolute Gasteiger partial charge is 0.477 e. The van der Waals surface area contributed by atoms with Crippen molar-refractivity contribution in [2.24, 2.45) is 7.05 Å². The van der Waals surface area contributed by atoms with Gasteiger partial charge in [-0.3, -0.25) is 19.1 Å². The molecule has 17 heteroatoms. The Labute approximate surface area is 223 Å². The summed E-state index contributed by atoms with van der Waals surface area (Å²) in [5, 5.41) is 23.8. The number of aliphatic carboxylic acids is 1. The molecule has 2 aliphatic rings. The number of carbonyl (C=O) groups excluding carboxylic acids is 2. The molecule has 1 saturated heterocycles. The molecule has 2 atom stereocenters. The lowest BCUT2D eigenvalue weighted by Crippen LogP contribution is -2.70. The number of hydrogen-bond acceptors (Lipinski definition) is 10. The number of carboxylic acid groups (broad SMARTS) is 1. The molecule has 0 radical (unpaired) electrons. The zero-order chi connectivity index (χ0) is 25.7. The number of rotatable bonds is 7. The van der Waals surface area contributed by atoms with Gasteiger partial charge >= 0.3 is 11.7 Å². The molecule has 4 heterocycles. The Hall–Kier alpha value is -2.82. The van der Waals surface area contributed by atoms with E-state index >= 15 is 0 Å². The van der Waals surface area contributed by atoms with Crippen molar-refractivity contribution in [1.29, 1.82) is 0 Å². The van der Waals surface area contributed by atoms with Crippen molar-refractivity contribution in [2.75, 3.05) is 11.5 Å². The second kappa shape index (κ2) is 9.57. The molecule has 13 nitrogen and oxygen atoms in total. The highest BCUT2D eigenvalue weighted by Gasteiger charge is 2.54. The highest BCUT2D eigenvalue weighted by molar-refractivity contribution is 9.10. The fraction of sp³-hybridized carbons (Fsp3) is 0.316. The molecule has 36 heavy (non-hydrogen) atoms. The molecule has 1 aromatic carbocycles. The second-order valence-electron chi connectivity index (χ2n) is 7.77. The third kappa shape index (κ3) is 4.31. The van der Waals surface area contributed by atoms with E-state index in [1.54, 1.807) is 7.05 Å². The molecule has 2 N–H and O–H groups in total. The van der Waals surface area contributed by atoms with Gasteiger partial charge in [-0.25, -0.2) is 14.3 Å². The molecule has 2 aliphatic heterocycles. The van der Waals surface area contributed by atoms with Crippen LogP contribution in [-0.4, -0.2) is 75.5 Å². The maximum absolute atomic E-state index is 12.9. The Morgan fingerprint density at radius 1 is 1.39 bits per heavy atom. The van der Waals surface area contributed by atoms with Crippen LogP contribution in [0.2, 0.25) is 5.02 Å². The Balaban J connectivity index is 1.30. The SMILES string of the molecule is Cn1nnnc1SCC1=C(C(=O)O)N2C(=O)C(NC(=O)Cn3c(=O)oc4cc(Br)c(Cl)cc43)[C@H]2SC1. The minimum atomic E-state index is -1.23. The quantitative estimate of drug-likeness (QED) is 0.288. The molecule has 2 aromatic heterocycles. The van der Waals surface area contributed by atoms with Crippen LogP contribution in [0.3, 0.4) is 0 Å². The molecular formula is C19H15BrClN7O6S2. The number of tetrazole rings is 1. The smallest absolute Gasteiger partial charge is 0.420 e. The summed E-state index contributed by atoms with van der Waals surface area (Å²) in [5.41, 5.74) is 1.02. The van der Waals surface area contributed by atoms with Crippen LogP contribution in [0.4, 0.5) is 0 Å². The maximum Gasteiger partial charge on any atom is 0.420 e. The molecule has 0 bridgehead atoms. The Morgan fingerprint density at radius 2 is 2.17 bits per heavy atom. The lowest BCUT2D eigenvalue weighted by atomic mass is 10.0. The standard InChI is InChI=1S/C19H15BrClN7O6S2/c1-26-18(23-24-25-26)36-6-7-5-35-16-13(15(30)28(16)14(7)17(31)32)22-12(29)4-27-10-3-9(21)8(20)2-11(10)34-19(27)33/h2-3,13,16H,4-6H2,1H3,(H,22,29)(H,31,32)/t13?,16-/m1/s1. The molecule has 0 saturated carbocycles. The number of nitrogens with zero attached hydrogens (tertiary/aromatic N) is 6. The molecule has 0 spiro atoms. The van der Waals surface area contributed by atoms with Crippen LogP contribution in [0.1, 0.15) is 0 Å². The molecule has 1 unspecified atom stereocenters. The van der Waals surface area contributed by atoms with Crippen LogP contribution in [-0.2, 0) is 28.0 Å². The van der Waals surface area contributed by atoms with E-state index in [0.717, 1.165) is 4.57 Å². The summed E-state index contributed by atoms with van der Waals surface area (Å²) in [6.07, 6.45) is 0. The van der Waals surface area contributed by atoms with Gasteiger partial charge in [-0.2, -0.15) is 0 Å². The minimum absolute atomic E-state index is 0.103. The molecule has 188 valence electrons. The number of oxazole rings is 1. The number of carboxylic acids is 1. The van der Waals surface area contributed by atoms with Crippen molar-refractivity contribution in [1.82, 2.24) is 35.0 Å². The van der Waals surface area contributed by atoms with E-state index in [9.17, 15) is 24.3 Å². The van der Waals surface area contributed by atoms with Gasteiger partial charge in [-0.05, 0) is 44.1 Å². The monoisotopic (exact) mass is 615 g/mol. The molecule has 5 rings (SSSR count). The Kier molecular flexibility index (Phi) is 6.61. The van der Waals surface area contributed by atoms with Gasteiger partial charge in [0.2, 0.25) is 11.1 Å². The van der Waals surface area contributed by atoms with Gasteiger partial charge in [0, 0.05) is 23.0 Å². The summed E-state index contributed by atoms with van der Waals surface area (Å²) < 4.78 is 8.27. The van der Waals surface area contributed by atoms with E-state index in [-0.39, 0.29) is 17.0 Å². The fourth-order valence-electron chi connectivity index (χ4n) is 3.86. The highest BCUT2D eigenvalue weighted by Crippen LogP contribution is 2.41. The lowest BCUT2D eigenvalue weighted by molar-refractivity contribution is -0.150. The predicted octanol–water partition coefficient (Wildman–Crippen LogP) is 1.06. The average Bonchev–Trinajstić information content (AvgIpc) is 3.37. The number of thioether (sulfide) groups is 2. The number of halogens is 2. The van der Waals surface area contributed by atoms with Crippen LogP contribution in [0.25, 0.3) is 11.1 Å². The fourth-order valence-corrected chi connectivity index (χ4v) is 6.68. The summed E-state index contributed by atoms with van der Waals surface area (Å²) >= 11 is 12.0. The second-order valence-corrected chi connectivity index (χ2v) is 11.1. The van der Waals surface area contributed by atoms with Crippen molar-refractivity contribution in [3.63, 3.8) is 0 Å². The normalized spacial score (nSPS) is 19.4. The number of hydrogen-bond donors (Lipinski definition) is 2. The number of nitrogens with one attached hydrogen (secondary N) is 1. The number of benzene rings is 1. The van der Waals surface area contributed by atoms with Gasteiger partial charge in [-0.1, -0.05) is 23.4 Å². The summed E-state index contributed by atoms with van der Waals surface area (Å²) in [4.78, 5) is 51.1. The first kappa shape index (κ1) is 24.9. The van der Waals surface area contributed by atoms with Crippen LogP contribution in [0.15, 0.2) is 42.2 Å². The van der Waals surface area contributed by atoms with Gasteiger partial charge < -0.3 is 14.8 Å². The third-order valence-electron chi connectivity index (χ3n) is 5.54. The number of β-lactam (4-membered cyclic amide) rings is 1. The third-order valence-corrected chi connectivity index (χ3v) is 9.17. The first-order chi connectivity index (χ1) is 17.2. The first-order valence-electron chi connectivity index (χ1n) is 10.2. The molecular weight excluding hydrogens is 602 g/mol. The Morgan fingerprint density at radius 3 is 2.86 bits per heavy atom. The van der Waals surface area contributed by atoms with Crippen molar-refractivity contribution >= 4 is 79.9 Å². The Bertz CT molecular complexity index is 1520. The summed E-state index contributed by atoms with van der Waals surface area (Å²) in [6.45, 7) is -0.403. The number of aromatic nitrogens is 5. The van der Waals surface area contributed by atoms with E-state index in [4.69, 9.17) is 16.0 Å². The topological polar surface area (TPSA) is 165 Å². The number of aryl methyl sites for hydroxylation is 1. The van der Waals surface area contributed by atoms with E-state index in [2.05, 4.69) is 36.8 Å². The van der Waals surface area contributed by atoms with Gasteiger partial charge in [0.05, 0.1) is 10.5 Å². The number of fused-ring (bicyclic) bond motifs is 2. The van der Waals surface area contributed by atoms with Crippen LogP contribution < -0.4 is 11.1 Å². The van der Waals surface area contributed by atoms with Crippen molar-refractivity contribution < 1.29 is 23.9 Å². The maximum atomic E-state index is 12.9. The van der Waals surface area contributed by atoms with Crippen molar-refractivity contribution in [3.05, 3.63) is 43.4 Å². The summed E-state index contributed by atoms with van der Waals surface area (Å²) in [5.74, 6) is -2.50. The van der Waals surface area contributed by atoms with Crippen molar-refractivity contribution in [3.8, 4) is 0 Å². The van der Waals surface area contributed by atoms with Gasteiger partial charge in [0.15, 0.2) is 5.58 Å².